The summed E-state index contributed by atoms with van der Waals surface area (Å²) in [6.07, 6.45) is 2.50. The number of anilines is 2. The first-order valence-corrected chi connectivity index (χ1v) is 6.30. The van der Waals surface area contributed by atoms with Crippen LogP contribution in [0.3, 0.4) is 0 Å². The van der Waals surface area contributed by atoms with E-state index in [2.05, 4.69) is 17.6 Å². The molecule has 4 nitrogen and oxygen atoms in total. The molecule has 0 aliphatic carbocycles. The van der Waals surface area contributed by atoms with Crippen molar-refractivity contribution in [2.24, 2.45) is 0 Å². The number of benzene rings is 1. The van der Waals surface area contributed by atoms with Gasteiger partial charge >= 0.3 is 0 Å². The number of hydrogen-bond donors (Lipinski definition) is 2. The SMILES string of the molecule is CC(=O)Nc1cccc(NC(C)Cc2ccco2)c1. The maximum atomic E-state index is 11.0. The minimum absolute atomic E-state index is 0.0687. The van der Waals surface area contributed by atoms with Crippen LogP contribution in [0.2, 0.25) is 0 Å². The summed E-state index contributed by atoms with van der Waals surface area (Å²) in [7, 11) is 0. The Balaban J connectivity index is 1.96. The van der Waals surface area contributed by atoms with E-state index in [0.29, 0.717) is 0 Å². The lowest BCUT2D eigenvalue weighted by molar-refractivity contribution is -0.114. The molecule has 0 aliphatic heterocycles. The van der Waals surface area contributed by atoms with Gasteiger partial charge in [-0.15, -0.1) is 0 Å². The van der Waals surface area contributed by atoms with Crippen molar-refractivity contribution >= 4 is 17.3 Å². The van der Waals surface area contributed by atoms with Gasteiger partial charge in [0.15, 0.2) is 0 Å². The van der Waals surface area contributed by atoms with E-state index < -0.39 is 0 Å². The van der Waals surface area contributed by atoms with Crippen molar-refractivity contribution in [3.8, 4) is 0 Å². The molecular weight excluding hydrogens is 240 g/mol. The summed E-state index contributed by atoms with van der Waals surface area (Å²) < 4.78 is 5.32. The van der Waals surface area contributed by atoms with Gasteiger partial charge in [-0.25, -0.2) is 0 Å². The molecule has 2 N–H and O–H groups in total. The predicted octanol–water partition coefficient (Wildman–Crippen LogP) is 3.28. The third-order valence-electron chi connectivity index (χ3n) is 2.68. The highest BCUT2D eigenvalue weighted by atomic mass is 16.3. The molecule has 4 heteroatoms. The summed E-state index contributed by atoms with van der Waals surface area (Å²) in [5.41, 5.74) is 1.77. The molecule has 0 aliphatic rings. The molecule has 0 bridgehead atoms. The molecule has 0 saturated carbocycles. The Morgan fingerprint density at radius 2 is 2.05 bits per heavy atom. The van der Waals surface area contributed by atoms with Crippen molar-refractivity contribution in [1.82, 2.24) is 0 Å². The van der Waals surface area contributed by atoms with E-state index in [0.717, 1.165) is 23.6 Å². The highest BCUT2D eigenvalue weighted by Crippen LogP contribution is 2.17. The molecule has 1 amide bonds. The van der Waals surface area contributed by atoms with Crippen LogP contribution in [-0.4, -0.2) is 11.9 Å². The third-order valence-corrected chi connectivity index (χ3v) is 2.68. The molecule has 100 valence electrons. The summed E-state index contributed by atoms with van der Waals surface area (Å²) in [6, 6.07) is 11.8. The summed E-state index contributed by atoms with van der Waals surface area (Å²) in [5.74, 6) is 0.888. The maximum Gasteiger partial charge on any atom is 0.221 e. The van der Waals surface area contributed by atoms with E-state index in [1.807, 2.05) is 36.4 Å². The minimum atomic E-state index is -0.0687. The molecular formula is C15H18N2O2. The molecule has 1 atom stereocenters. The molecule has 0 radical (unpaired) electrons. The third kappa shape index (κ3) is 4.17. The largest absolute Gasteiger partial charge is 0.469 e. The van der Waals surface area contributed by atoms with Crippen molar-refractivity contribution in [3.63, 3.8) is 0 Å². The normalized spacial score (nSPS) is 11.9. The molecule has 1 unspecified atom stereocenters. The molecule has 19 heavy (non-hydrogen) atoms. The zero-order chi connectivity index (χ0) is 13.7. The van der Waals surface area contributed by atoms with Crippen molar-refractivity contribution < 1.29 is 9.21 Å². The monoisotopic (exact) mass is 258 g/mol. The topological polar surface area (TPSA) is 54.3 Å². The van der Waals surface area contributed by atoms with E-state index in [1.54, 1.807) is 6.26 Å². The van der Waals surface area contributed by atoms with Crippen LogP contribution >= 0.6 is 0 Å². The van der Waals surface area contributed by atoms with E-state index in [9.17, 15) is 4.79 Å². The predicted molar refractivity (Wildman–Crippen MR) is 76.2 cm³/mol. The lowest BCUT2D eigenvalue weighted by Crippen LogP contribution is -2.17. The molecule has 2 aromatic rings. The Bertz CT molecular complexity index is 535. The van der Waals surface area contributed by atoms with Gasteiger partial charge in [-0.2, -0.15) is 0 Å². The Morgan fingerprint density at radius 3 is 2.74 bits per heavy atom. The molecule has 0 spiro atoms. The smallest absolute Gasteiger partial charge is 0.221 e. The van der Waals surface area contributed by atoms with E-state index in [1.165, 1.54) is 6.92 Å². The lowest BCUT2D eigenvalue weighted by atomic mass is 10.2. The highest BCUT2D eigenvalue weighted by Gasteiger charge is 2.06. The summed E-state index contributed by atoms with van der Waals surface area (Å²) >= 11 is 0. The standard InChI is InChI=1S/C15H18N2O2/c1-11(9-15-7-4-8-19-15)16-13-5-3-6-14(10-13)17-12(2)18/h3-8,10-11,16H,9H2,1-2H3,(H,17,18). The fraction of sp³-hybridized carbons (Fsp3) is 0.267. The van der Waals surface area contributed by atoms with Crippen LogP contribution in [0.15, 0.2) is 47.1 Å². The molecule has 0 fully saturated rings. The van der Waals surface area contributed by atoms with Crippen LogP contribution in [0.4, 0.5) is 11.4 Å². The average Bonchev–Trinajstić information content (AvgIpc) is 2.81. The maximum absolute atomic E-state index is 11.0. The minimum Gasteiger partial charge on any atom is -0.469 e. The summed E-state index contributed by atoms with van der Waals surface area (Å²) in [5, 5.41) is 6.15. The average molecular weight is 258 g/mol. The zero-order valence-electron chi connectivity index (χ0n) is 11.1. The van der Waals surface area contributed by atoms with Crippen molar-refractivity contribution in [1.29, 1.82) is 0 Å². The number of rotatable bonds is 5. The Hall–Kier alpha value is -2.23. The Labute approximate surface area is 112 Å². The van der Waals surface area contributed by atoms with Gasteiger partial charge < -0.3 is 15.1 Å². The zero-order valence-corrected chi connectivity index (χ0v) is 11.1. The van der Waals surface area contributed by atoms with Crippen LogP contribution < -0.4 is 10.6 Å². The van der Waals surface area contributed by atoms with Crippen LogP contribution in [-0.2, 0) is 11.2 Å². The molecule has 1 aromatic carbocycles. The van der Waals surface area contributed by atoms with Crippen LogP contribution in [0.1, 0.15) is 19.6 Å². The lowest BCUT2D eigenvalue weighted by Gasteiger charge is -2.15. The van der Waals surface area contributed by atoms with Gasteiger partial charge in [0.1, 0.15) is 5.76 Å². The van der Waals surface area contributed by atoms with Gasteiger partial charge in [0.25, 0.3) is 0 Å². The fourth-order valence-corrected chi connectivity index (χ4v) is 1.96. The van der Waals surface area contributed by atoms with Gasteiger partial charge in [0.2, 0.25) is 5.91 Å². The second kappa shape index (κ2) is 6.09. The van der Waals surface area contributed by atoms with Gasteiger partial charge in [-0.1, -0.05) is 6.07 Å². The molecule has 0 saturated heterocycles. The number of hydrogen-bond acceptors (Lipinski definition) is 3. The summed E-state index contributed by atoms with van der Waals surface area (Å²) in [4.78, 5) is 11.0. The van der Waals surface area contributed by atoms with Crippen molar-refractivity contribution in [2.45, 2.75) is 26.3 Å². The van der Waals surface area contributed by atoms with E-state index in [4.69, 9.17) is 4.42 Å². The summed E-state index contributed by atoms with van der Waals surface area (Å²) in [6.45, 7) is 3.59. The van der Waals surface area contributed by atoms with Gasteiger partial charge in [0, 0.05) is 30.8 Å². The number of nitrogens with one attached hydrogen (secondary N) is 2. The quantitative estimate of drug-likeness (QED) is 0.865. The second-order valence-electron chi connectivity index (χ2n) is 4.59. The number of carbonyl (C=O) groups is 1. The van der Waals surface area contributed by atoms with Gasteiger partial charge in [-0.3, -0.25) is 4.79 Å². The molecule has 2 rings (SSSR count). The highest BCUT2D eigenvalue weighted by molar-refractivity contribution is 5.89. The number of carbonyl (C=O) groups excluding carboxylic acids is 1. The van der Waals surface area contributed by atoms with Crippen LogP contribution in [0, 0.1) is 0 Å². The number of furan rings is 1. The Morgan fingerprint density at radius 1 is 1.26 bits per heavy atom. The first-order chi connectivity index (χ1) is 9.13. The van der Waals surface area contributed by atoms with Gasteiger partial charge in [0.05, 0.1) is 6.26 Å². The molecule has 1 aromatic heterocycles. The second-order valence-corrected chi connectivity index (χ2v) is 4.59. The van der Waals surface area contributed by atoms with E-state index in [-0.39, 0.29) is 11.9 Å². The van der Waals surface area contributed by atoms with Crippen LogP contribution in [0.25, 0.3) is 0 Å². The first kappa shape index (κ1) is 13.2. The van der Waals surface area contributed by atoms with Crippen molar-refractivity contribution in [2.75, 3.05) is 10.6 Å². The van der Waals surface area contributed by atoms with Gasteiger partial charge in [-0.05, 0) is 37.3 Å². The number of amides is 1. The van der Waals surface area contributed by atoms with Crippen molar-refractivity contribution in [3.05, 3.63) is 48.4 Å². The fourth-order valence-electron chi connectivity index (χ4n) is 1.96. The van der Waals surface area contributed by atoms with Crippen LogP contribution in [0.5, 0.6) is 0 Å². The first-order valence-electron chi connectivity index (χ1n) is 6.30. The molecule has 1 heterocycles. The van der Waals surface area contributed by atoms with E-state index >= 15 is 0 Å². The Kier molecular flexibility index (Phi) is 4.23.